The zero-order chi connectivity index (χ0) is 13.0. The number of hydrazine groups is 1. The summed E-state index contributed by atoms with van der Waals surface area (Å²) in [7, 11) is 0. The van der Waals surface area contributed by atoms with Crippen LogP contribution in [-0.4, -0.2) is 35.1 Å². The highest BCUT2D eigenvalue weighted by Crippen LogP contribution is 2.16. The first-order valence-electron chi connectivity index (χ1n) is 6.20. The zero-order valence-electron chi connectivity index (χ0n) is 10.3. The minimum atomic E-state index is -0.275. The number of carbonyl (C=O) groups is 1. The van der Waals surface area contributed by atoms with Crippen LogP contribution in [0.15, 0.2) is 24.3 Å². The molecular formula is C13H19N3O2. The first kappa shape index (κ1) is 13.0. The van der Waals surface area contributed by atoms with E-state index in [2.05, 4.69) is 10.3 Å². The van der Waals surface area contributed by atoms with Crippen LogP contribution >= 0.6 is 0 Å². The van der Waals surface area contributed by atoms with E-state index in [4.69, 9.17) is 5.84 Å². The molecule has 0 bridgehead atoms. The highest BCUT2D eigenvalue weighted by molar-refractivity contribution is 5.95. The lowest BCUT2D eigenvalue weighted by Gasteiger charge is -2.30. The van der Waals surface area contributed by atoms with Gasteiger partial charge in [0.25, 0.3) is 5.91 Å². The van der Waals surface area contributed by atoms with Gasteiger partial charge in [-0.15, -0.1) is 0 Å². The van der Waals surface area contributed by atoms with Gasteiger partial charge in [-0.05, 0) is 31.0 Å². The van der Waals surface area contributed by atoms with Crippen LogP contribution in [0.2, 0.25) is 0 Å². The standard InChI is InChI=1S/C13H19N3O2/c14-15-13(18)12-6-2-1-4-10(12)8-16-7-3-5-11(17)9-16/h1-2,4,6,11,17H,3,5,7-9,14H2,(H,15,18). The fourth-order valence-corrected chi connectivity index (χ4v) is 2.37. The summed E-state index contributed by atoms with van der Waals surface area (Å²) in [4.78, 5) is 13.8. The summed E-state index contributed by atoms with van der Waals surface area (Å²) >= 11 is 0. The molecule has 1 aliphatic rings. The maximum Gasteiger partial charge on any atom is 0.265 e. The molecule has 1 saturated heterocycles. The number of hydrogen-bond donors (Lipinski definition) is 3. The van der Waals surface area contributed by atoms with Gasteiger partial charge in [-0.25, -0.2) is 5.84 Å². The second-order valence-electron chi connectivity index (χ2n) is 4.66. The fourth-order valence-electron chi connectivity index (χ4n) is 2.37. The second-order valence-corrected chi connectivity index (χ2v) is 4.66. The molecule has 1 atom stereocenters. The summed E-state index contributed by atoms with van der Waals surface area (Å²) in [5.74, 6) is 4.90. The van der Waals surface area contributed by atoms with Gasteiger partial charge in [0, 0.05) is 18.7 Å². The maximum atomic E-state index is 11.6. The number of aliphatic hydroxyl groups is 1. The van der Waals surface area contributed by atoms with Crippen molar-refractivity contribution in [2.45, 2.75) is 25.5 Å². The molecule has 2 rings (SSSR count). The normalized spacial score (nSPS) is 20.7. The van der Waals surface area contributed by atoms with E-state index in [1.165, 1.54) is 0 Å². The van der Waals surface area contributed by atoms with Crippen molar-refractivity contribution in [2.75, 3.05) is 13.1 Å². The number of β-amino-alcohol motifs (C(OH)–C–C–N with tert-alkyl or cyclic N) is 1. The number of carbonyl (C=O) groups excluding carboxylic acids is 1. The Morgan fingerprint density at radius 1 is 1.50 bits per heavy atom. The Labute approximate surface area is 107 Å². The molecule has 1 heterocycles. The number of rotatable bonds is 3. The van der Waals surface area contributed by atoms with E-state index in [1.807, 2.05) is 18.2 Å². The average Bonchev–Trinajstić information content (AvgIpc) is 2.38. The summed E-state index contributed by atoms with van der Waals surface area (Å²) in [5, 5.41) is 9.64. The Hall–Kier alpha value is -1.43. The van der Waals surface area contributed by atoms with E-state index in [0.29, 0.717) is 18.7 Å². The molecule has 0 aliphatic carbocycles. The molecule has 98 valence electrons. The smallest absolute Gasteiger partial charge is 0.265 e. The van der Waals surface area contributed by atoms with Crippen molar-refractivity contribution in [3.05, 3.63) is 35.4 Å². The molecule has 1 aromatic rings. The van der Waals surface area contributed by atoms with Crippen LogP contribution < -0.4 is 11.3 Å². The summed E-state index contributed by atoms with van der Waals surface area (Å²) in [6.45, 7) is 2.29. The van der Waals surface area contributed by atoms with Gasteiger partial charge in [-0.3, -0.25) is 15.1 Å². The van der Waals surface area contributed by atoms with Crippen LogP contribution in [-0.2, 0) is 6.54 Å². The zero-order valence-corrected chi connectivity index (χ0v) is 10.3. The monoisotopic (exact) mass is 249 g/mol. The lowest BCUT2D eigenvalue weighted by atomic mass is 10.0. The number of amides is 1. The average molecular weight is 249 g/mol. The quantitative estimate of drug-likeness (QED) is 0.407. The third-order valence-corrected chi connectivity index (χ3v) is 3.27. The number of nitrogen functional groups attached to an aromatic ring is 1. The number of nitrogens with zero attached hydrogens (tertiary/aromatic N) is 1. The lowest BCUT2D eigenvalue weighted by molar-refractivity contribution is 0.0666. The van der Waals surface area contributed by atoms with Crippen LogP contribution in [0.25, 0.3) is 0 Å². The Balaban J connectivity index is 2.10. The van der Waals surface area contributed by atoms with Gasteiger partial charge in [0.15, 0.2) is 0 Å². The molecule has 1 aromatic carbocycles. The Morgan fingerprint density at radius 2 is 2.28 bits per heavy atom. The van der Waals surface area contributed by atoms with E-state index in [1.54, 1.807) is 6.07 Å². The van der Waals surface area contributed by atoms with Crippen molar-refractivity contribution in [2.24, 2.45) is 5.84 Å². The molecule has 5 nitrogen and oxygen atoms in total. The molecule has 1 fully saturated rings. The van der Waals surface area contributed by atoms with Crippen LogP contribution in [0.4, 0.5) is 0 Å². The molecule has 0 aromatic heterocycles. The van der Waals surface area contributed by atoms with Gasteiger partial charge in [0.2, 0.25) is 0 Å². The van der Waals surface area contributed by atoms with Crippen molar-refractivity contribution in [3.63, 3.8) is 0 Å². The number of piperidine rings is 1. The number of likely N-dealkylation sites (tertiary alicyclic amines) is 1. The summed E-state index contributed by atoms with van der Waals surface area (Å²) in [6.07, 6.45) is 1.60. The summed E-state index contributed by atoms with van der Waals surface area (Å²) < 4.78 is 0. The predicted octanol–water partition coefficient (Wildman–Crippen LogP) is 0.247. The Bertz CT molecular complexity index is 422. The molecule has 5 heteroatoms. The van der Waals surface area contributed by atoms with Gasteiger partial charge in [0.1, 0.15) is 0 Å². The van der Waals surface area contributed by atoms with Gasteiger partial charge in [0.05, 0.1) is 6.10 Å². The van der Waals surface area contributed by atoms with E-state index in [0.717, 1.165) is 24.9 Å². The number of nitrogens with two attached hydrogens (primary N) is 1. The van der Waals surface area contributed by atoms with Crippen molar-refractivity contribution < 1.29 is 9.90 Å². The molecule has 1 aliphatic heterocycles. The molecule has 1 unspecified atom stereocenters. The van der Waals surface area contributed by atoms with Crippen molar-refractivity contribution in [3.8, 4) is 0 Å². The van der Waals surface area contributed by atoms with Gasteiger partial charge in [-0.2, -0.15) is 0 Å². The molecular weight excluding hydrogens is 230 g/mol. The van der Waals surface area contributed by atoms with E-state index in [9.17, 15) is 9.90 Å². The van der Waals surface area contributed by atoms with Crippen LogP contribution in [0.5, 0.6) is 0 Å². The summed E-state index contributed by atoms with van der Waals surface area (Å²) in [5.41, 5.74) is 3.70. The van der Waals surface area contributed by atoms with Gasteiger partial charge in [-0.1, -0.05) is 18.2 Å². The molecule has 0 spiro atoms. The van der Waals surface area contributed by atoms with E-state index < -0.39 is 0 Å². The first-order valence-corrected chi connectivity index (χ1v) is 6.20. The van der Waals surface area contributed by atoms with Crippen molar-refractivity contribution in [1.82, 2.24) is 10.3 Å². The number of nitrogens with one attached hydrogen (secondary N) is 1. The molecule has 18 heavy (non-hydrogen) atoms. The van der Waals surface area contributed by atoms with E-state index >= 15 is 0 Å². The second kappa shape index (κ2) is 5.95. The highest BCUT2D eigenvalue weighted by Gasteiger charge is 2.19. The van der Waals surface area contributed by atoms with Crippen LogP contribution in [0, 0.1) is 0 Å². The molecule has 4 N–H and O–H groups in total. The SMILES string of the molecule is NNC(=O)c1ccccc1CN1CCCC(O)C1. The third kappa shape index (κ3) is 3.07. The first-order chi connectivity index (χ1) is 8.70. The predicted molar refractivity (Wildman–Crippen MR) is 68.6 cm³/mol. The topological polar surface area (TPSA) is 78.6 Å². The minimum Gasteiger partial charge on any atom is -0.392 e. The molecule has 1 amide bonds. The lowest BCUT2D eigenvalue weighted by Crippen LogP contribution is -2.38. The number of benzene rings is 1. The highest BCUT2D eigenvalue weighted by atomic mass is 16.3. The van der Waals surface area contributed by atoms with Gasteiger partial charge >= 0.3 is 0 Å². The molecule has 0 saturated carbocycles. The van der Waals surface area contributed by atoms with Crippen LogP contribution in [0.3, 0.4) is 0 Å². The number of aliphatic hydroxyl groups excluding tert-OH is 1. The number of hydrogen-bond acceptors (Lipinski definition) is 4. The van der Waals surface area contributed by atoms with Gasteiger partial charge < -0.3 is 5.11 Å². The Kier molecular flexibility index (Phi) is 4.30. The maximum absolute atomic E-state index is 11.6. The van der Waals surface area contributed by atoms with Crippen LogP contribution in [0.1, 0.15) is 28.8 Å². The van der Waals surface area contributed by atoms with E-state index in [-0.39, 0.29) is 12.0 Å². The molecule has 0 radical (unpaired) electrons. The summed E-state index contributed by atoms with van der Waals surface area (Å²) in [6, 6.07) is 7.41. The third-order valence-electron chi connectivity index (χ3n) is 3.27. The Morgan fingerprint density at radius 3 is 3.00 bits per heavy atom. The minimum absolute atomic E-state index is 0.255. The fraction of sp³-hybridized carbons (Fsp3) is 0.462. The van der Waals surface area contributed by atoms with Crippen molar-refractivity contribution in [1.29, 1.82) is 0 Å². The largest absolute Gasteiger partial charge is 0.392 e. The van der Waals surface area contributed by atoms with Crippen molar-refractivity contribution >= 4 is 5.91 Å².